The summed E-state index contributed by atoms with van der Waals surface area (Å²) in [6.45, 7) is -0.310. The highest BCUT2D eigenvalue weighted by Gasteiger charge is 2.32. The Balaban J connectivity index is 1.08. The predicted octanol–water partition coefficient (Wildman–Crippen LogP) is 9.95. The van der Waals surface area contributed by atoms with Crippen LogP contribution < -0.4 is 10.2 Å². The number of amides is 1. The Labute approximate surface area is 343 Å². The number of nitrogens with zero attached hydrogens (tertiary/aromatic N) is 1. The molecule has 3 aromatic rings. The standard InChI is InChI=1S/C41H56N2O11S3/c44-37(17-13-9-5-1-3-7-11-15-25-55-56-26-16-12-8-4-2-6-10-14-18-40(47)48)42-30-19-21-32-33-22-20-31(57(50,51)52)28-35(33)36(34(32)27-30)29-53-41(49)54-43-38(45)23-24-39(43)46/h19-24,27-28,36,45-46H,1-18,25-26,29H2,(H,42,44)(H,47,48)(H,50,51,52). The van der Waals surface area contributed by atoms with E-state index in [-0.39, 0.29) is 17.4 Å². The number of rotatable bonds is 28. The van der Waals surface area contributed by atoms with Gasteiger partial charge in [0.1, 0.15) is 6.61 Å². The number of fused-ring (bicyclic) bond motifs is 3. The lowest BCUT2D eigenvalue weighted by atomic mass is 9.97. The van der Waals surface area contributed by atoms with Crippen molar-refractivity contribution in [3.8, 4) is 22.9 Å². The highest BCUT2D eigenvalue weighted by atomic mass is 33.1. The third kappa shape index (κ3) is 15.8. The monoisotopic (exact) mass is 848 g/mol. The van der Waals surface area contributed by atoms with Gasteiger partial charge in [-0.1, -0.05) is 111 Å². The fraction of sp³-hybridized carbons (Fsp3) is 0.537. The summed E-state index contributed by atoms with van der Waals surface area (Å²) in [4.78, 5) is 40.4. The van der Waals surface area contributed by atoms with Crippen LogP contribution in [0, 0.1) is 0 Å². The van der Waals surface area contributed by atoms with Gasteiger partial charge in [-0.3, -0.25) is 19.0 Å². The van der Waals surface area contributed by atoms with Gasteiger partial charge in [0.25, 0.3) is 10.1 Å². The van der Waals surface area contributed by atoms with Crippen molar-refractivity contribution in [2.75, 3.05) is 23.4 Å². The van der Waals surface area contributed by atoms with Crippen molar-refractivity contribution < 1.29 is 52.2 Å². The van der Waals surface area contributed by atoms with Gasteiger partial charge in [0.15, 0.2) is 0 Å². The van der Waals surface area contributed by atoms with Crippen LogP contribution in [-0.4, -0.2) is 69.2 Å². The average molecular weight is 849 g/mol. The predicted molar refractivity (Wildman–Crippen MR) is 224 cm³/mol. The van der Waals surface area contributed by atoms with Gasteiger partial charge in [-0.2, -0.15) is 8.42 Å². The van der Waals surface area contributed by atoms with Crippen LogP contribution in [0.25, 0.3) is 11.1 Å². The van der Waals surface area contributed by atoms with Crippen molar-refractivity contribution in [2.24, 2.45) is 0 Å². The quantitative estimate of drug-likeness (QED) is 0.0200. The van der Waals surface area contributed by atoms with Crippen LogP contribution in [-0.2, 0) is 24.4 Å². The molecule has 0 radical (unpaired) electrons. The Morgan fingerprint density at radius 3 is 1.70 bits per heavy atom. The van der Waals surface area contributed by atoms with E-state index in [0.717, 1.165) is 62.6 Å². The normalized spacial score (nSPS) is 13.2. The van der Waals surface area contributed by atoms with Crippen LogP contribution in [0.1, 0.15) is 133 Å². The van der Waals surface area contributed by atoms with Crippen molar-refractivity contribution >= 4 is 55.4 Å². The maximum atomic E-state index is 12.9. The van der Waals surface area contributed by atoms with E-state index in [1.807, 2.05) is 21.6 Å². The Bertz CT molecular complexity index is 1850. The lowest BCUT2D eigenvalue weighted by molar-refractivity contribution is -0.137. The highest BCUT2D eigenvalue weighted by Crippen LogP contribution is 2.46. The van der Waals surface area contributed by atoms with Crippen LogP contribution in [0.15, 0.2) is 53.4 Å². The van der Waals surface area contributed by atoms with E-state index in [1.54, 1.807) is 24.3 Å². The highest BCUT2D eigenvalue weighted by molar-refractivity contribution is 8.76. The minimum Gasteiger partial charge on any atom is -0.492 e. The summed E-state index contributed by atoms with van der Waals surface area (Å²) in [7, 11) is -0.551. The first kappa shape index (κ1) is 45.8. The molecule has 1 aliphatic rings. The number of carboxylic acids is 1. The Hall–Kier alpha value is -3.86. The molecule has 0 spiro atoms. The molecule has 1 heterocycles. The number of carbonyl (C=O) groups is 3. The van der Waals surface area contributed by atoms with Gasteiger partial charge >= 0.3 is 12.1 Å². The van der Waals surface area contributed by atoms with Crippen LogP contribution in [0.3, 0.4) is 0 Å². The minimum absolute atomic E-state index is 0.126. The number of anilines is 1. The van der Waals surface area contributed by atoms with E-state index >= 15 is 0 Å². The molecule has 4 rings (SSSR count). The number of unbranched alkanes of at least 4 members (excludes halogenated alkanes) is 14. The van der Waals surface area contributed by atoms with Crippen LogP contribution in [0.2, 0.25) is 0 Å². The zero-order chi connectivity index (χ0) is 41.0. The number of aromatic nitrogens is 1. The van der Waals surface area contributed by atoms with E-state index in [0.29, 0.717) is 39.9 Å². The molecule has 1 aliphatic carbocycles. The number of hydrogen-bond donors (Lipinski definition) is 5. The molecule has 0 saturated heterocycles. The van der Waals surface area contributed by atoms with Crippen molar-refractivity contribution in [3.05, 3.63) is 59.7 Å². The summed E-state index contributed by atoms with van der Waals surface area (Å²) in [6.07, 6.45) is 17.6. The molecule has 1 unspecified atom stereocenters. The van der Waals surface area contributed by atoms with E-state index < -0.39 is 39.9 Å². The lowest BCUT2D eigenvalue weighted by Gasteiger charge is -2.16. The van der Waals surface area contributed by atoms with Gasteiger partial charge in [-0.15, -0.1) is 4.73 Å². The van der Waals surface area contributed by atoms with Crippen molar-refractivity contribution in [1.82, 2.24) is 4.73 Å². The molecule has 13 nitrogen and oxygen atoms in total. The van der Waals surface area contributed by atoms with Crippen molar-refractivity contribution in [1.29, 1.82) is 0 Å². The molecule has 5 N–H and O–H groups in total. The molecule has 0 aliphatic heterocycles. The van der Waals surface area contributed by atoms with Crippen LogP contribution in [0.5, 0.6) is 11.8 Å². The molecule has 314 valence electrons. The van der Waals surface area contributed by atoms with Gasteiger partial charge < -0.3 is 25.4 Å². The van der Waals surface area contributed by atoms with Crippen molar-refractivity contribution in [2.45, 2.75) is 126 Å². The summed E-state index contributed by atoms with van der Waals surface area (Å²) in [5, 5.41) is 31.2. The number of carbonyl (C=O) groups excluding carboxylic acids is 2. The van der Waals surface area contributed by atoms with Gasteiger partial charge in [-0.25, -0.2) is 4.79 Å². The topological polar surface area (TPSA) is 202 Å². The Morgan fingerprint density at radius 2 is 1.16 bits per heavy atom. The van der Waals surface area contributed by atoms with E-state index in [1.165, 1.54) is 81.4 Å². The SMILES string of the molecule is O=C(O)CCCCCCCCCCSSCCCCCCCCCCC(=O)Nc1ccc2c(c1)C(COC(=O)On1c(O)ccc1O)c1cc(S(=O)(=O)O)ccc1-2. The van der Waals surface area contributed by atoms with Gasteiger partial charge in [0.2, 0.25) is 17.7 Å². The number of aromatic hydroxyl groups is 2. The maximum absolute atomic E-state index is 12.9. The van der Waals surface area contributed by atoms with Gasteiger partial charge in [0, 0.05) is 48.1 Å². The first-order valence-electron chi connectivity index (χ1n) is 19.9. The molecule has 1 atom stereocenters. The zero-order valence-corrected chi connectivity index (χ0v) is 34.8. The number of aliphatic carboxylic acids is 1. The molecule has 57 heavy (non-hydrogen) atoms. The van der Waals surface area contributed by atoms with Crippen molar-refractivity contribution in [3.63, 3.8) is 0 Å². The number of nitrogens with one attached hydrogen (secondary N) is 1. The van der Waals surface area contributed by atoms with E-state index in [2.05, 4.69) is 5.32 Å². The summed E-state index contributed by atoms with van der Waals surface area (Å²) in [6, 6.07) is 11.7. The first-order chi connectivity index (χ1) is 27.4. The molecule has 0 bridgehead atoms. The zero-order valence-electron chi connectivity index (χ0n) is 32.4. The summed E-state index contributed by atoms with van der Waals surface area (Å²) in [5.74, 6) is -0.156. The molecule has 0 fully saturated rings. The second-order valence-corrected chi connectivity index (χ2v) is 18.4. The molecule has 16 heteroatoms. The molecular weight excluding hydrogens is 793 g/mol. The van der Waals surface area contributed by atoms with Crippen LogP contribution >= 0.6 is 21.6 Å². The lowest BCUT2D eigenvalue weighted by Crippen LogP contribution is -2.22. The first-order valence-corrected chi connectivity index (χ1v) is 23.8. The third-order valence-corrected chi connectivity index (χ3v) is 13.3. The van der Waals surface area contributed by atoms with E-state index in [9.17, 15) is 37.6 Å². The molecule has 1 amide bonds. The fourth-order valence-corrected chi connectivity index (χ4v) is 9.66. The molecular formula is C41H56N2O11S3. The van der Waals surface area contributed by atoms with E-state index in [4.69, 9.17) is 14.7 Å². The summed E-state index contributed by atoms with van der Waals surface area (Å²) in [5.41, 5.74) is 3.08. The van der Waals surface area contributed by atoms with Crippen LogP contribution in [0.4, 0.5) is 10.5 Å². The molecule has 2 aromatic carbocycles. The number of benzene rings is 2. The third-order valence-electron chi connectivity index (χ3n) is 9.86. The molecule has 0 saturated carbocycles. The largest absolute Gasteiger partial charge is 0.534 e. The Morgan fingerprint density at radius 1 is 0.667 bits per heavy atom. The second kappa shape index (κ2) is 24.2. The number of ether oxygens (including phenoxy) is 1. The van der Waals surface area contributed by atoms with Gasteiger partial charge in [0.05, 0.1) is 4.90 Å². The maximum Gasteiger partial charge on any atom is 0.534 e. The molecule has 1 aromatic heterocycles. The summed E-state index contributed by atoms with van der Waals surface area (Å²) >= 11 is 0. The number of hydrogen-bond acceptors (Lipinski definition) is 11. The van der Waals surface area contributed by atoms with Gasteiger partial charge in [-0.05, 0) is 72.2 Å². The fourth-order valence-electron chi connectivity index (χ4n) is 6.85. The second-order valence-electron chi connectivity index (χ2n) is 14.3. The number of carboxylic acid groups (broad SMARTS) is 1. The summed E-state index contributed by atoms with van der Waals surface area (Å²) < 4.78 is 39.3. The average Bonchev–Trinajstić information content (AvgIpc) is 3.65. The minimum atomic E-state index is -4.52. The Kier molecular flexibility index (Phi) is 19.4. The smallest absolute Gasteiger partial charge is 0.492 e.